The molecule has 0 nitrogen and oxygen atoms in total. The van der Waals surface area contributed by atoms with Crippen molar-refractivity contribution < 1.29 is 0 Å². The molecule has 0 aromatic heterocycles. The maximum atomic E-state index is 5.62. The lowest BCUT2D eigenvalue weighted by molar-refractivity contribution is 0.912. The number of rotatable bonds is 3. The van der Waals surface area contributed by atoms with E-state index < -0.39 is 8.67 Å². The Balaban J connectivity index is 4.59. The molecule has 0 heterocycles. The van der Waals surface area contributed by atoms with Gasteiger partial charge in [-0.1, -0.05) is 71.7 Å². The third kappa shape index (κ3) is 2.06. The molecule has 0 N–H and O–H groups in total. The van der Waals surface area contributed by atoms with Gasteiger partial charge in [0.15, 0.2) is 8.67 Å². The van der Waals surface area contributed by atoms with Crippen molar-refractivity contribution in [1.29, 1.82) is 0 Å². The number of hydrogen-bond acceptors (Lipinski definition) is 0. The highest BCUT2D eigenvalue weighted by Gasteiger charge is 2.42. The third-order valence-electron chi connectivity index (χ3n) is 0.957. The van der Waals surface area contributed by atoms with Gasteiger partial charge in [0.05, 0.1) is 0 Å². The van der Waals surface area contributed by atoms with E-state index in [2.05, 4.69) is 13.2 Å². The first kappa shape index (κ1) is 10.6. The van der Waals surface area contributed by atoms with E-state index in [1.54, 1.807) is 0 Å². The Hall–Kier alpha value is 0.640. The van der Waals surface area contributed by atoms with E-state index in [0.717, 1.165) is 0 Å². The summed E-state index contributed by atoms with van der Waals surface area (Å²) in [5.41, 5.74) is 0. The van der Waals surface area contributed by atoms with Gasteiger partial charge in [0.2, 0.25) is 0 Å². The van der Waals surface area contributed by atoms with Gasteiger partial charge in [-0.25, -0.2) is 0 Å². The summed E-state index contributed by atoms with van der Waals surface area (Å²) in [4.78, 5) is 0. The van der Waals surface area contributed by atoms with E-state index in [1.165, 1.54) is 12.2 Å². The fourth-order valence-electron chi connectivity index (χ4n) is 0.272. The van der Waals surface area contributed by atoms with Crippen LogP contribution in [0.15, 0.2) is 25.3 Å². The summed E-state index contributed by atoms with van der Waals surface area (Å²) in [6, 6.07) is 0. The summed E-state index contributed by atoms with van der Waals surface area (Å²) in [5.74, 6) is 0. The molecule has 0 saturated heterocycles. The average Bonchev–Trinajstić information content (AvgIpc) is 1.88. The molecular formula is C6H6Cl4. The van der Waals surface area contributed by atoms with E-state index in [-0.39, 0.29) is 0 Å². The van der Waals surface area contributed by atoms with Crippen molar-refractivity contribution in [2.45, 2.75) is 8.67 Å². The summed E-state index contributed by atoms with van der Waals surface area (Å²) < 4.78 is -2.78. The number of hydrogen-bond donors (Lipinski definition) is 0. The van der Waals surface area contributed by atoms with E-state index in [4.69, 9.17) is 46.4 Å². The van der Waals surface area contributed by atoms with Crippen molar-refractivity contribution >= 4 is 46.4 Å². The van der Waals surface area contributed by atoms with Gasteiger partial charge in [-0.15, -0.1) is 0 Å². The molecule has 0 unspecified atom stereocenters. The van der Waals surface area contributed by atoms with Crippen LogP contribution in [0.3, 0.4) is 0 Å². The van der Waals surface area contributed by atoms with Gasteiger partial charge in [0.1, 0.15) is 0 Å². The van der Waals surface area contributed by atoms with Crippen molar-refractivity contribution in [1.82, 2.24) is 0 Å². The minimum absolute atomic E-state index is 1.25. The largest absolute Gasteiger partial charge is 0.172 e. The Labute approximate surface area is 80.4 Å². The predicted molar refractivity (Wildman–Crippen MR) is 49.3 cm³/mol. The lowest BCUT2D eigenvalue weighted by atomic mass is 10.3. The zero-order chi connectivity index (χ0) is 8.41. The molecule has 0 aromatic rings. The summed E-state index contributed by atoms with van der Waals surface area (Å²) >= 11 is 22.5. The topological polar surface area (TPSA) is 0 Å². The Kier molecular flexibility index (Phi) is 3.57. The van der Waals surface area contributed by atoms with Gasteiger partial charge in [-0.3, -0.25) is 0 Å². The van der Waals surface area contributed by atoms with E-state index in [0.29, 0.717) is 0 Å². The highest BCUT2D eigenvalue weighted by Crippen LogP contribution is 2.44. The van der Waals surface area contributed by atoms with Crippen LogP contribution in [0.1, 0.15) is 0 Å². The molecule has 0 fully saturated rings. The van der Waals surface area contributed by atoms with Crippen LogP contribution in [-0.4, -0.2) is 8.67 Å². The minimum atomic E-state index is -1.39. The van der Waals surface area contributed by atoms with Gasteiger partial charge >= 0.3 is 0 Å². The maximum Gasteiger partial charge on any atom is 0.172 e. The van der Waals surface area contributed by atoms with E-state index in [9.17, 15) is 0 Å². The second kappa shape index (κ2) is 3.36. The van der Waals surface area contributed by atoms with Gasteiger partial charge < -0.3 is 0 Å². The molecule has 0 saturated carbocycles. The first-order chi connectivity index (χ1) is 4.37. The molecule has 0 amide bonds. The van der Waals surface area contributed by atoms with Crippen molar-refractivity contribution in [3.8, 4) is 0 Å². The zero-order valence-electron chi connectivity index (χ0n) is 5.08. The van der Waals surface area contributed by atoms with E-state index in [1.807, 2.05) is 0 Å². The average molecular weight is 220 g/mol. The van der Waals surface area contributed by atoms with Crippen LogP contribution < -0.4 is 0 Å². The number of alkyl halides is 4. The molecule has 0 rings (SSSR count). The van der Waals surface area contributed by atoms with Gasteiger partial charge in [-0.05, 0) is 0 Å². The molecule has 58 valence electrons. The molecule has 4 heteroatoms. The lowest BCUT2D eigenvalue weighted by Crippen LogP contribution is -2.31. The second-order valence-corrected chi connectivity index (χ2v) is 4.43. The molecule has 10 heavy (non-hydrogen) atoms. The molecule has 0 radical (unpaired) electrons. The van der Waals surface area contributed by atoms with E-state index >= 15 is 0 Å². The van der Waals surface area contributed by atoms with Crippen LogP contribution in [0, 0.1) is 0 Å². The molecule has 0 aromatic carbocycles. The summed E-state index contributed by atoms with van der Waals surface area (Å²) in [6.45, 7) is 6.73. The van der Waals surface area contributed by atoms with Crippen LogP contribution in [0.25, 0.3) is 0 Å². The Bertz CT molecular complexity index is 130. The van der Waals surface area contributed by atoms with Gasteiger partial charge in [0.25, 0.3) is 0 Å². The van der Waals surface area contributed by atoms with Crippen LogP contribution in [0.4, 0.5) is 0 Å². The highest BCUT2D eigenvalue weighted by atomic mass is 35.5. The summed E-state index contributed by atoms with van der Waals surface area (Å²) in [6.07, 6.45) is 2.50. The van der Waals surface area contributed by atoms with Gasteiger partial charge in [0, 0.05) is 0 Å². The van der Waals surface area contributed by atoms with Crippen LogP contribution in [0.2, 0.25) is 0 Å². The number of allylic oxidation sites excluding steroid dienone is 2. The second-order valence-electron chi connectivity index (χ2n) is 1.65. The molecule has 0 atom stereocenters. The standard InChI is InChI=1S/C6H6Cl4/c1-3-5(7,8)6(9,10)4-2/h3-4H,1-2H2. The molecular weight excluding hydrogens is 214 g/mol. The zero-order valence-corrected chi connectivity index (χ0v) is 8.10. The van der Waals surface area contributed by atoms with Crippen molar-refractivity contribution in [2.24, 2.45) is 0 Å². The summed E-state index contributed by atoms with van der Waals surface area (Å²) in [7, 11) is 0. The SMILES string of the molecule is C=CC(Cl)(Cl)C(Cl)(Cl)C=C. The highest BCUT2D eigenvalue weighted by molar-refractivity contribution is 6.64. The predicted octanol–water partition coefficient (Wildman–Crippen LogP) is 3.71. The Morgan fingerprint density at radius 1 is 0.800 bits per heavy atom. The fourth-order valence-corrected chi connectivity index (χ4v) is 0.581. The van der Waals surface area contributed by atoms with Crippen LogP contribution >= 0.6 is 46.4 Å². The quantitative estimate of drug-likeness (QED) is 0.502. The summed E-state index contributed by atoms with van der Waals surface area (Å²) in [5, 5.41) is 0. The van der Waals surface area contributed by atoms with Gasteiger partial charge in [-0.2, -0.15) is 0 Å². The minimum Gasteiger partial charge on any atom is -0.1000 e. The fraction of sp³-hybridized carbons (Fsp3) is 0.333. The normalized spacial score (nSPS) is 12.8. The molecule has 0 bridgehead atoms. The molecule has 0 aliphatic carbocycles. The van der Waals surface area contributed by atoms with Crippen molar-refractivity contribution in [3.05, 3.63) is 25.3 Å². The molecule has 0 aliphatic heterocycles. The first-order valence-corrected chi connectivity index (χ1v) is 3.91. The van der Waals surface area contributed by atoms with Crippen molar-refractivity contribution in [3.63, 3.8) is 0 Å². The lowest BCUT2D eigenvalue weighted by Gasteiger charge is -2.26. The van der Waals surface area contributed by atoms with Crippen LogP contribution in [-0.2, 0) is 0 Å². The molecule has 0 spiro atoms. The first-order valence-electron chi connectivity index (χ1n) is 2.40. The number of halogens is 4. The Morgan fingerprint density at radius 2 is 1.00 bits per heavy atom. The smallest absolute Gasteiger partial charge is 0.1000 e. The van der Waals surface area contributed by atoms with Crippen LogP contribution in [0.5, 0.6) is 0 Å². The third-order valence-corrected chi connectivity index (χ3v) is 3.15. The molecule has 0 aliphatic rings. The monoisotopic (exact) mass is 218 g/mol. The maximum absolute atomic E-state index is 5.62. The Morgan fingerprint density at radius 3 is 1.10 bits per heavy atom. The van der Waals surface area contributed by atoms with Crippen molar-refractivity contribution in [2.75, 3.05) is 0 Å².